The number of carbonyl (C=O) groups excluding carboxylic acids is 2. The van der Waals surface area contributed by atoms with E-state index < -0.39 is 0 Å². The number of nitrogens with zero attached hydrogens (tertiary/aromatic N) is 1. The minimum absolute atomic E-state index is 0.101. The summed E-state index contributed by atoms with van der Waals surface area (Å²) in [6.45, 7) is 3.61. The summed E-state index contributed by atoms with van der Waals surface area (Å²) < 4.78 is 5.01. The molecule has 0 aromatic rings. The van der Waals surface area contributed by atoms with Crippen molar-refractivity contribution in [3.8, 4) is 0 Å². The first-order valence-corrected chi connectivity index (χ1v) is 6.17. The fraction of sp³-hybridized carbons (Fsp3) is 0.833. The Morgan fingerprint density at radius 1 is 1.25 bits per heavy atom. The van der Waals surface area contributed by atoms with Gasteiger partial charge in [-0.1, -0.05) is 0 Å². The molecule has 0 radical (unpaired) electrons. The summed E-state index contributed by atoms with van der Waals surface area (Å²) in [5.74, 6) is 0.252. The van der Waals surface area contributed by atoms with E-state index in [-0.39, 0.29) is 23.7 Å². The molecule has 1 aliphatic carbocycles. The number of ether oxygens (including phenoxy) is 1. The third-order valence-corrected chi connectivity index (χ3v) is 3.28. The Labute approximate surface area is 95.9 Å². The first kappa shape index (κ1) is 11.4. The Kier molecular flexibility index (Phi) is 3.46. The summed E-state index contributed by atoms with van der Waals surface area (Å²) in [7, 11) is 0. The predicted octanol–water partition coefficient (Wildman–Crippen LogP) is 1.20. The number of carbonyl (C=O) groups is 2. The van der Waals surface area contributed by atoms with Gasteiger partial charge in [-0.05, 0) is 32.6 Å². The van der Waals surface area contributed by atoms with Crippen molar-refractivity contribution in [2.45, 2.75) is 32.6 Å². The van der Waals surface area contributed by atoms with E-state index in [0.29, 0.717) is 13.2 Å². The molecule has 0 aromatic heterocycles. The van der Waals surface area contributed by atoms with Crippen LogP contribution in [0.3, 0.4) is 0 Å². The molecule has 2 aliphatic rings. The van der Waals surface area contributed by atoms with Gasteiger partial charge in [-0.3, -0.25) is 9.59 Å². The molecule has 1 saturated heterocycles. The predicted molar refractivity (Wildman–Crippen MR) is 58.7 cm³/mol. The van der Waals surface area contributed by atoms with Crippen molar-refractivity contribution in [2.75, 3.05) is 19.7 Å². The number of esters is 1. The van der Waals surface area contributed by atoms with Crippen molar-refractivity contribution in [3.63, 3.8) is 0 Å². The van der Waals surface area contributed by atoms with Crippen LogP contribution in [0.1, 0.15) is 32.6 Å². The first-order chi connectivity index (χ1) is 7.72. The monoisotopic (exact) mass is 225 g/mol. The molecule has 4 heteroatoms. The number of amides is 1. The summed E-state index contributed by atoms with van der Waals surface area (Å²) >= 11 is 0. The highest BCUT2D eigenvalue weighted by molar-refractivity contribution is 5.82. The standard InChI is InChI=1S/C12H19NO3/c1-2-16-12(15)10-4-3-7-13(8-10)11(14)9-5-6-9/h9-10H,2-8H2,1H3. The zero-order valence-electron chi connectivity index (χ0n) is 9.78. The van der Waals surface area contributed by atoms with E-state index in [9.17, 15) is 9.59 Å². The average Bonchev–Trinajstić information content (AvgIpc) is 3.12. The summed E-state index contributed by atoms with van der Waals surface area (Å²) in [5, 5.41) is 0. The summed E-state index contributed by atoms with van der Waals surface area (Å²) in [6.07, 6.45) is 3.83. The second-order valence-corrected chi connectivity index (χ2v) is 4.65. The normalized spacial score (nSPS) is 25.3. The molecule has 90 valence electrons. The van der Waals surface area contributed by atoms with Crippen LogP contribution in [0.5, 0.6) is 0 Å². The topological polar surface area (TPSA) is 46.6 Å². The molecular weight excluding hydrogens is 206 g/mol. The van der Waals surface area contributed by atoms with Crippen LogP contribution in [0.25, 0.3) is 0 Å². The van der Waals surface area contributed by atoms with Crippen LogP contribution in [0, 0.1) is 11.8 Å². The molecule has 2 rings (SSSR count). The zero-order valence-corrected chi connectivity index (χ0v) is 9.78. The van der Waals surface area contributed by atoms with E-state index in [1.165, 1.54) is 0 Å². The Morgan fingerprint density at radius 2 is 2.00 bits per heavy atom. The van der Waals surface area contributed by atoms with E-state index in [4.69, 9.17) is 4.74 Å². The van der Waals surface area contributed by atoms with Gasteiger partial charge in [0.15, 0.2) is 0 Å². The van der Waals surface area contributed by atoms with Crippen LogP contribution >= 0.6 is 0 Å². The van der Waals surface area contributed by atoms with E-state index in [2.05, 4.69) is 0 Å². The average molecular weight is 225 g/mol. The number of hydrogen-bond donors (Lipinski definition) is 0. The number of hydrogen-bond acceptors (Lipinski definition) is 3. The second kappa shape index (κ2) is 4.85. The molecule has 0 aromatic carbocycles. The molecule has 1 unspecified atom stereocenters. The van der Waals surface area contributed by atoms with Crippen LogP contribution in [0.15, 0.2) is 0 Å². The molecule has 1 saturated carbocycles. The van der Waals surface area contributed by atoms with Gasteiger partial charge in [0.05, 0.1) is 12.5 Å². The molecule has 1 atom stereocenters. The van der Waals surface area contributed by atoms with Crippen molar-refractivity contribution < 1.29 is 14.3 Å². The second-order valence-electron chi connectivity index (χ2n) is 4.65. The van der Waals surface area contributed by atoms with Gasteiger partial charge >= 0.3 is 5.97 Å². The van der Waals surface area contributed by atoms with Crippen LogP contribution in [-0.2, 0) is 14.3 Å². The molecule has 0 N–H and O–H groups in total. The third kappa shape index (κ3) is 2.54. The minimum atomic E-state index is -0.143. The molecule has 1 heterocycles. The Morgan fingerprint density at radius 3 is 2.62 bits per heavy atom. The largest absolute Gasteiger partial charge is 0.466 e. The SMILES string of the molecule is CCOC(=O)C1CCCN(C(=O)C2CC2)C1. The Hall–Kier alpha value is -1.06. The first-order valence-electron chi connectivity index (χ1n) is 6.17. The number of piperidine rings is 1. The lowest BCUT2D eigenvalue weighted by Gasteiger charge is -2.31. The van der Waals surface area contributed by atoms with Gasteiger partial charge in [0, 0.05) is 19.0 Å². The molecule has 2 fully saturated rings. The lowest BCUT2D eigenvalue weighted by molar-refractivity contribution is -0.151. The van der Waals surface area contributed by atoms with Crippen LogP contribution < -0.4 is 0 Å². The third-order valence-electron chi connectivity index (χ3n) is 3.28. The molecule has 1 aliphatic heterocycles. The molecule has 16 heavy (non-hydrogen) atoms. The maximum absolute atomic E-state index is 11.9. The van der Waals surface area contributed by atoms with Crippen molar-refractivity contribution in [1.29, 1.82) is 0 Å². The van der Waals surface area contributed by atoms with Gasteiger partial charge in [0.25, 0.3) is 0 Å². The van der Waals surface area contributed by atoms with Crippen molar-refractivity contribution in [1.82, 2.24) is 4.90 Å². The fourth-order valence-corrected chi connectivity index (χ4v) is 2.22. The van der Waals surface area contributed by atoms with Crippen molar-refractivity contribution >= 4 is 11.9 Å². The lowest BCUT2D eigenvalue weighted by atomic mass is 9.98. The van der Waals surface area contributed by atoms with Crippen LogP contribution in [0.2, 0.25) is 0 Å². The van der Waals surface area contributed by atoms with E-state index in [1.54, 1.807) is 0 Å². The smallest absolute Gasteiger partial charge is 0.310 e. The highest BCUT2D eigenvalue weighted by Gasteiger charge is 2.36. The quantitative estimate of drug-likeness (QED) is 0.678. The molecule has 0 spiro atoms. The molecule has 1 amide bonds. The van der Waals surface area contributed by atoms with Crippen molar-refractivity contribution in [2.24, 2.45) is 11.8 Å². The molecule has 0 bridgehead atoms. The maximum Gasteiger partial charge on any atom is 0.310 e. The Balaban J connectivity index is 1.87. The highest BCUT2D eigenvalue weighted by Crippen LogP contribution is 2.32. The van der Waals surface area contributed by atoms with Gasteiger partial charge in [0.1, 0.15) is 0 Å². The lowest BCUT2D eigenvalue weighted by Crippen LogP contribution is -2.43. The van der Waals surface area contributed by atoms with E-state index in [1.807, 2.05) is 11.8 Å². The van der Waals surface area contributed by atoms with Gasteiger partial charge in [-0.15, -0.1) is 0 Å². The van der Waals surface area contributed by atoms with Crippen LogP contribution in [0.4, 0.5) is 0 Å². The molecule has 4 nitrogen and oxygen atoms in total. The summed E-state index contributed by atoms with van der Waals surface area (Å²) in [4.78, 5) is 25.3. The van der Waals surface area contributed by atoms with E-state index in [0.717, 1.165) is 32.2 Å². The minimum Gasteiger partial charge on any atom is -0.466 e. The highest BCUT2D eigenvalue weighted by atomic mass is 16.5. The van der Waals surface area contributed by atoms with Crippen LogP contribution in [-0.4, -0.2) is 36.5 Å². The van der Waals surface area contributed by atoms with Gasteiger partial charge in [-0.25, -0.2) is 0 Å². The molecular formula is C12H19NO3. The zero-order chi connectivity index (χ0) is 11.5. The maximum atomic E-state index is 11.9. The Bertz CT molecular complexity index is 286. The summed E-state index contributed by atoms with van der Waals surface area (Å²) in [6, 6.07) is 0. The van der Waals surface area contributed by atoms with Gasteiger partial charge in [0.2, 0.25) is 5.91 Å². The number of rotatable bonds is 3. The summed E-state index contributed by atoms with van der Waals surface area (Å²) in [5.41, 5.74) is 0. The van der Waals surface area contributed by atoms with E-state index >= 15 is 0 Å². The van der Waals surface area contributed by atoms with Gasteiger partial charge in [-0.2, -0.15) is 0 Å². The van der Waals surface area contributed by atoms with Gasteiger partial charge < -0.3 is 9.64 Å². The number of likely N-dealkylation sites (tertiary alicyclic amines) is 1. The fourth-order valence-electron chi connectivity index (χ4n) is 2.22. The van der Waals surface area contributed by atoms with Crippen molar-refractivity contribution in [3.05, 3.63) is 0 Å².